The molecular formula is C17H25NO3. The zero-order chi connectivity index (χ0) is 15.6. The number of nitrogens with zero attached hydrogens (tertiary/aromatic N) is 1. The fourth-order valence-corrected chi connectivity index (χ4v) is 2.75. The van der Waals surface area contributed by atoms with Crippen LogP contribution < -0.4 is 4.74 Å². The quantitative estimate of drug-likeness (QED) is 0.799. The van der Waals surface area contributed by atoms with E-state index in [-0.39, 0.29) is 11.9 Å². The van der Waals surface area contributed by atoms with Crippen molar-refractivity contribution in [3.63, 3.8) is 0 Å². The van der Waals surface area contributed by atoms with Crippen LogP contribution in [0.25, 0.3) is 0 Å². The van der Waals surface area contributed by atoms with E-state index in [0.29, 0.717) is 19.2 Å². The number of hydrogen-bond acceptors (Lipinski definition) is 4. The van der Waals surface area contributed by atoms with Gasteiger partial charge in [-0.25, -0.2) is 0 Å². The molecule has 4 nitrogen and oxygen atoms in total. The van der Waals surface area contributed by atoms with Gasteiger partial charge in [-0.3, -0.25) is 9.69 Å². The van der Waals surface area contributed by atoms with Crippen molar-refractivity contribution in [2.45, 2.75) is 39.8 Å². The highest BCUT2D eigenvalue weighted by Crippen LogP contribution is 2.24. The van der Waals surface area contributed by atoms with Crippen LogP contribution in [0, 0.1) is 13.8 Å². The Kier molecular flexibility index (Phi) is 5.01. The second-order valence-corrected chi connectivity index (χ2v) is 5.95. The monoisotopic (exact) mass is 291 g/mol. The van der Waals surface area contributed by atoms with Gasteiger partial charge >= 0.3 is 0 Å². The summed E-state index contributed by atoms with van der Waals surface area (Å²) in [5.41, 5.74) is 2.65. The first-order chi connectivity index (χ1) is 9.93. The first-order valence-corrected chi connectivity index (χ1v) is 7.49. The molecule has 0 aliphatic carbocycles. The van der Waals surface area contributed by atoms with Crippen LogP contribution in [0.4, 0.5) is 0 Å². The molecule has 1 fully saturated rings. The molecule has 2 rings (SSSR count). The zero-order valence-corrected chi connectivity index (χ0v) is 13.6. The van der Waals surface area contributed by atoms with Crippen molar-refractivity contribution >= 4 is 5.78 Å². The molecule has 0 N–H and O–H groups in total. The van der Waals surface area contributed by atoms with Crippen LogP contribution in [0.1, 0.15) is 35.3 Å². The normalized spacial score (nSPS) is 19.8. The van der Waals surface area contributed by atoms with Crippen molar-refractivity contribution in [2.24, 2.45) is 0 Å². The fourth-order valence-electron chi connectivity index (χ4n) is 2.75. The summed E-state index contributed by atoms with van der Waals surface area (Å²) >= 11 is 0. The third-order valence-corrected chi connectivity index (χ3v) is 4.13. The number of Topliss-reactive ketones (excluding diaryl/α,β-unsaturated/α-hetero) is 1. The standard InChI is InChI=1S/C17H25NO3/c1-11(2)18-6-7-21-16(10-18)17(19)14-8-13(4)15(20-5)9-12(14)3/h8-9,11,16H,6-7,10H2,1-5H3. The van der Waals surface area contributed by atoms with Crippen LogP contribution in [-0.2, 0) is 4.74 Å². The average Bonchev–Trinajstić information content (AvgIpc) is 2.48. The summed E-state index contributed by atoms with van der Waals surface area (Å²) < 4.78 is 11.0. The summed E-state index contributed by atoms with van der Waals surface area (Å²) in [6.07, 6.45) is -0.368. The Hall–Kier alpha value is -1.39. The van der Waals surface area contributed by atoms with Crippen molar-refractivity contribution in [1.29, 1.82) is 0 Å². The third-order valence-electron chi connectivity index (χ3n) is 4.13. The Bertz CT molecular complexity index is 525. The minimum Gasteiger partial charge on any atom is -0.496 e. The predicted octanol–water partition coefficient (Wildman–Crippen LogP) is 2.60. The molecule has 1 aromatic rings. The van der Waals surface area contributed by atoms with E-state index in [4.69, 9.17) is 9.47 Å². The van der Waals surface area contributed by atoms with E-state index in [2.05, 4.69) is 18.7 Å². The lowest BCUT2D eigenvalue weighted by Gasteiger charge is -2.35. The van der Waals surface area contributed by atoms with Crippen LogP contribution >= 0.6 is 0 Å². The number of morpholine rings is 1. The second-order valence-electron chi connectivity index (χ2n) is 5.95. The summed E-state index contributed by atoms with van der Waals surface area (Å²) in [6, 6.07) is 4.27. The number of benzene rings is 1. The molecule has 1 unspecified atom stereocenters. The van der Waals surface area contributed by atoms with Crippen molar-refractivity contribution in [3.8, 4) is 5.75 Å². The van der Waals surface area contributed by atoms with Gasteiger partial charge < -0.3 is 9.47 Å². The lowest BCUT2D eigenvalue weighted by molar-refractivity contribution is -0.0256. The summed E-state index contributed by atoms with van der Waals surface area (Å²) in [4.78, 5) is 15.0. The molecule has 1 saturated heterocycles. The van der Waals surface area contributed by atoms with E-state index in [1.54, 1.807) is 7.11 Å². The number of ketones is 1. The number of ether oxygens (including phenoxy) is 2. The molecule has 0 aromatic heterocycles. The number of methoxy groups -OCH3 is 1. The lowest BCUT2D eigenvalue weighted by atomic mass is 9.97. The van der Waals surface area contributed by atoms with Gasteiger partial charge in [-0.15, -0.1) is 0 Å². The number of aryl methyl sites for hydroxylation is 2. The summed E-state index contributed by atoms with van der Waals surface area (Å²) in [7, 11) is 1.65. The molecule has 1 heterocycles. The largest absolute Gasteiger partial charge is 0.496 e. The molecule has 4 heteroatoms. The van der Waals surface area contributed by atoms with Crippen LogP contribution in [0.3, 0.4) is 0 Å². The van der Waals surface area contributed by atoms with E-state index in [9.17, 15) is 4.79 Å². The molecule has 1 aliphatic heterocycles. The highest BCUT2D eigenvalue weighted by molar-refractivity contribution is 6.01. The van der Waals surface area contributed by atoms with Gasteiger partial charge in [0.1, 0.15) is 11.9 Å². The topological polar surface area (TPSA) is 38.8 Å². The minimum absolute atomic E-state index is 0.0728. The molecule has 1 atom stereocenters. The minimum atomic E-state index is -0.368. The Labute approximate surface area is 127 Å². The summed E-state index contributed by atoms with van der Waals surface area (Å²) in [6.45, 7) is 10.4. The van der Waals surface area contributed by atoms with Crippen molar-refractivity contribution in [2.75, 3.05) is 26.8 Å². The van der Waals surface area contributed by atoms with Crippen LogP contribution in [-0.4, -0.2) is 49.6 Å². The number of carbonyl (C=O) groups is 1. The van der Waals surface area contributed by atoms with Crippen molar-refractivity contribution in [3.05, 3.63) is 28.8 Å². The predicted molar refractivity (Wildman–Crippen MR) is 83.2 cm³/mol. The van der Waals surface area contributed by atoms with Crippen LogP contribution in [0.2, 0.25) is 0 Å². The van der Waals surface area contributed by atoms with Gasteiger partial charge in [0.15, 0.2) is 5.78 Å². The third kappa shape index (κ3) is 3.44. The van der Waals surface area contributed by atoms with Crippen LogP contribution in [0.5, 0.6) is 5.75 Å². The number of hydrogen-bond donors (Lipinski definition) is 0. The van der Waals surface area contributed by atoms with E-state index < -0.39 is 0 Å². The molecule has 0 spiro atoms. The maximum absolute atomic E-state index is 12.7. The Balaban J connectivity index is 2.22. The smallest absolute Gasteiger partial charge is 0.193 e. The van der Waals surface area contributed by atoms with Crippen molar-refractivity contribution < 1.29 is 14.3 Å². The van der Waals surface area contributed by atoms with Gasteiger partial charge in [0, 0.05) is 24.7 Å². The Morgan fingerprint density at radius 1 is 1.33 bits per heavy atom. The Morgan fingerprint density at radius 2 is 2.05 bits per heavy atom. The lowest BCUT2D eigenvalue weighted by Crippen LogP contribution is -2.48. The van der Waals surface area contributed by atoms with E-state index in [1.807, 2.05) is 26.0 Å². The first kappa shape index (κ1) is 16.0. The van der Waals surface area contributed by atoms with Gasteiger partial charge in [0.2, 0.25) is 0 Å². The SMILES string of the molecule is COc1cc(C)c(C(=O)C2CN(C(C)C)CCO2)cc1C. The highest BCUT2D eigenvalue weighted by Gasteiger charge is 2.29. The second kappa shape index (κ2) is 6.58. The molecule has 116 valence electrons. The summed E-state index contributed by atoms with van der Waals surface area (Å²) in [5, 5.41) is 0. The Morgan fingerprint density at radius 3 is 2.67 bits per heavy atom. The van der Waals surface area contributed by atoms with E-state index in [1.165, 1.54) is 0 Å². The van der Waals surface area contributed by atoms with E-state index >= 15 is 0 Å². The molecule has 21 heavy (non-hydrogen) atoms. The summed E-state index contributed by atoms with van der Waals surface area (Å²) in [5.74, 6) is 0.890. The van der Waals surface area contributed by atoms with Gasteiger partial charge in [-0.1, -0.05) is 0 Å². The molecule has 1 aromatic carbocycles. The average molecular weight is 291 g/mol. The zero-order valence-electron chi connectivity index (χ0n) is 13.6. The molecule has 0 bridgehead atoms. The van der Waals surface area contributed by atoms with Gasteiger partial charge in [-0.05, 0) is 51.0 Å². The van der Waals surface area contributed by atoms with E-state index in [0.717, 1.165) is 29.0 Å². The number of carbonyl (C=O) groups excluding carboxylic acids is 1. The molecular weight excluding hydrogens is 266 g/mol. The van der Waals surface area contributed by atoms with Gasteiger partial charge in [-0.2, -0.15) is 0 Å². The molecule has 0 radical (unpaired) electrons. The molecule has 0 amide bonds. The fraction of sp³-hybridized carbons (Fsp3) is 0.588. The number of rotatable bonds is 4. The van der Waals surface area contributed by atoms with Crippen LogP contribution in [0.15, 0.2) is 12.1 Å². The first-order valence-electron chi connectivity index (χ1n) is 7.49. The highest BCUT2D eigenvalue weighted by atomic mass is 16.5. The van der Waals surface area contributed by atoms with Gasteiger partial charge in [0.25, 0.3) is 0 Å². The molecule has 1 aliphatic rings. The maximum atomic E-state index is 12.7. The molecule has 0 saturated carbocycles. The maximum Gasteiger partial charge on any atom is 0.193 e. The van der Waals surface area contributed by atoms with Crippen molar-refractivity contribution in [1.82, 2.24) is 4.90 Å². The van der Waals surface area contributed by atoms with Gasteiger partial charge in [0.05, 0.1) is 13.7 Å².